The van der Waals surface area contributed by atoms with Crippen molar-refractivity contribution in [3.8, 4) is 0 Å². The molecule has 0 aromatic heterocycles. The van der Waals surface area contributed by atoms with Gasteiger partial charge in [0.05, 0.1) is 17.4 Å². The van der Waals surface area contributed by atoms with Crippen LogP contribution in [0.1, 0.15) is 37.8 Å². The van der Waals surface area contributed by atoms with Gasteiger partial charge < -0.3 is 5.32 Å². The van der Waals surface area contributed by atoms with E-state index in [4.69, 9.17) is 0 Å². The Morgan fingerprint density at radius 3 is 2.42 bits per heavy atom. The highest BCUT2D eigenvalue weighted by molar-refractivity contribution is 7.91. The highest BCUT2D eigenvalue weighted by Crippen LogP contribution is 2.23. The molecule has 144 valence electrons. The van der Waals surface area contributed by atoms with Crippen molar-refractivity contribution in [2.45, 2.75) is 39.8 Å². The van der Waals surface area contributed by atoms with Crippen LogP contribution in [0.4, 0.5) is 0 Å². The van der Waals surface area contributed by atoms with E-state index in [0.29, 0.717) is 13.0 Å². The second kappa shape index (κ2) is 8.09. The standard InChI is InChI=1S/C20H30N2O3S/c1-15-9-16(2)12-22(11-15)13-18-6-4-3-5-17(18)10-21-20(23)19-7-8-26(24,25)14-19/h3-6,15-16,19H,7-14H2,1-2H3,(H,21,23)/t15-,16-,19-/m1/s1. The van der Waals surface area contributed by atoms with E-state index in [1.54, 1.807) is 0 Å². The van der Waals surface area contributed by atoms with E-state index < -0.39 is 15.8 Å². The molecule has 0 spiro atoms. The van der Waals surface area contributed by atoms with Gasteiger partial charge in [0.2, 0.25) is 5.91 Å². The third-order valence-corrected chi connectivity index (χ3v) is 7.28. The zero-order chi connectivity index (χ0) is 18.7. The van der Waals surface area contributed by atoms with Crippen LogP contribution >= 0.6 is 0 Å². The van der Waals surface area contributed by atoms with Crippen molar-refractivity contribution in [1.82, 2.24) is 10.2 Å². The fourth-order valence-corrected chi connectivity index (χ4v) is 6.12. The van der Waals surface area contributed by atoms with Gasteiger partial charge in [0.1, 0.15) is 0 Å². The topological polar surface area (TPSA) is 66.5 Å². The van der Waals surface area contributed by atoms with Gasteiger partial charge in [-0.05, 0) is 35.8 Å². The number of hydrogen-bond acceptors (Lipinski definition) is 4. The van der Waals surface area contributed by atoms with Gasteiger partial charge in [-0.15, -0.1) is 0 Å². The molecule has 0 aliphatic carbocycles. The van der Waals surface area contributed by atoms with E-state index in [0.717, 1.165) is 37.0 Å². The van der Waals surface area contributed by atoms with Crippen LogP contribution in [-0.2, 0) is 27.7 Å². The number of carbonyl (C=O) groups is 1. The maximum absolute atomic E-state index is 12.3. The molecule has 0 radical (unpaired) electrons. The summed E-state index contributed by atoms with van der Waals surface area (Å²) in [5.41, 5.74) is 2.36. The number of piperidine rings is 1. The van der Waals surface area contributed by atoms with E-state index in [1.165, 1.54) is 12.0 Å². The number of amides is 1. The third kappa shape index (κ3) is 5.07. The summed E-state index contributed by atoms with van der Waals surface area (Å²) < 4.78 is 23.1. The van der Waals surface area contributed by atoms with Crippen LogP contribution in [0.25, 0.3) is 0 Å². The Hall–Kier alpha value is -1.40. The molecule has 2 aliphatic heterocycles. The van der Waals surface area contributed by atoms with Gasteiger partial charge in [0, 0.05) is 26.2 Å². The molecule has 0 unspecified atom stereocenters. The first-order valence-electron chi connectivity index (χ1n) is 9.59. The molecule has 3 rings (SSSR count). The molecule has 1 aromatic rings. The summed E-state index contributed by atoms with van der Waals surface area (Å²) in [6, 6.07) is 8.22. The second-order valence-electron chi connectivity index (χ2n) is 8.23. The summed E-state index contributed by atoms with van der Waals surface area (Å²) in [5.74, 6) is 1.03. The minimum Gasteiger partial charge on any atom is -0.352 e. The van der Waals surface area contributed by atoms with Crippen LogP contribution in [0.2, 0.25) is 0 Å². The van der Waals surface area contributed by atoms with Crippen molar-refractivity contribution < 1.29 is 13.2 Å². The van der Waals surface area contributed by atoms with E-state index in [2.05, 4.69) is 36.2 Å². The minimum atomic E-state index is -3.03. The molecule has 0 saturated carbocycles. The van der Waals surface area contributed by atoms with Crippen LogP contribution in [0.3, 0.4) is 0 Å². The predicted octanol–water partition coefficient (Wildman–Crippen LogP) is 2.22. The van der Waals surface area contributed by atoms with Crippen LogP contribution in [-0.4, -0.2) is 43.8 Å². The molecule has 2 fully saturated rings. The number of carbonyl (C=O) groups excluding carboxylic acids is 1. The first kappa shape index (κ1) is 19.4. The Morgan fingerprint density at radius 1 is 1.15 bits per heavy atom. The van der Waals surface area contributed by atoms with E-state index in [1.807, 2.05) is 12.1 Å². The number of benzene rings is 1. The Morgan fingerprint density at radius 2 is 1.81 bits per heavy atom. The molecular weight excluding hydrogens is 348 g/mol. The normalized spacial score (nSPS) is 28.8. The highest BCUT2D eigenvalue weighted by atomic mass is 32.2. The average Bonchev–Trinajstić information content (AvgIpc) is 2.93. The number of rotatable bonds is 5. The molecule has 26 heavy (non-hydrogen) atoms. The molecule has 2 saturated heterocycles. The van der Waals surface area contributed by atoms with Gasteiger partial charge in [0.15, 0.2) is 9.84 Å². The molecule has 2 heterocycles. The summed E-state index contributed by atoms with van der Waals surface area (Å²) in [7, 11) is -3.03. The average molecular weight is 379 g/mol. The maximum atomic E-state index is 12.3. The largest absolute Gasteiger partial charge is 0.352 e. The van der Waals surface area contributed by atoms with Gasteiger partial charge in [-0.2, -0.15) is 0 Å². The summed E-state index contributed by atoms with van der Waals surface area (Å²) in [6.07, 6.45) is 1.73. The Balaban J connectivity index is 1.59. The van der Waals surface area contributed by atoms with Gasteiger partial charge in [-0.25, -0.2) is 8.42 Å². The second-order valence-corrected chi connectivity index (χ2v) is 10.5. The summed E-state index contributed by atoms with van der Waals surface area (Å²) in [5, 5.41) is 2.95. The fraction of sp³-hybridized carbons (Fsp3) is 0.650. The van der Waals surface area contributed by atoms with Crippen LogP contribution < -0.4 is 5.32 Å². The SMILES string of the molecule is C[C@@H]1C[C@@H](C)CN(Cc2ccccc2CNC(=O)[C@@H]2CCS(=O)(=O)C2)C1. The number of hydrogen-bond donors (Lipinski definition) is 1. The number of nitrogens with one attached hydrogen (secondary N) is 1. The lowest BCUT2D eigenvalue weighted by molar-refractivity contribution is -0.124. The monoisotopic (exact) mass is 378 g/mol. The fourth-order valence-electron chi connectivity index (χ4n) is 4.37. The van der Waals surface area contributed by atoms with Crippen molar-refractivity contribution in [2.75, 3.05) is 24.6 Å². The maximum Gasteiger partial charge on any atom is 0.224 e. The molecule has 0 bridgehead atoms. The van der Waals surface area contributed by atoms with Gasteiger partial charge in [0.25, 0.3) is 0 Å². The van der Waals surface area contributed by atoms with E-state index in [-0.39, 0.29) is 17.4 Å². The van der Waals surface area contributed by atoms with Crippen LogP contribution in [0.15, 0.2) is 24.3 Å². The summed E-state index contributed by atoms with van der Waals surface area (Å²) in [6.45, 7) is 8.22. The molecule has 3 atom stereocenters. The minimum absolute atomic E-state index is 0.00989. The number of likely N-dealkylation sites (tertiary alicyclic amines) is 1. The smallest absolute Gasteiger partial charge is 0.224 e. The Bertz CT molecular complexity index is 737. The summed E-state index contributed by atoms with van der Waals surface area (Å²) in [4.78, 5) is 14.8. The molecule has 5 nitrogen and oxygen atoms in total. The highest BCUT2D eigenvalue weighted by Gasteiger charge is 2.32. The molecule has 1 amide bonds. The van der Waals surface area contributed by atoms with Crippen molar-refractivity contribution in [2.24, 2.45) is 17.8 Å². The molecule has 6 heteroatoms. The van der Waals surface area contributed by atoms with Gasteiger partial charge >= 0.3 is 0 Å². The zero-order valence-electron chi connectivity index (χ0n) is 15.8. The van der Waals surface area contributed by atoms with Gasteiger partial charge in [-0.1, -0.05) is 38.1 Å². The van der Waals surface area contributed by atoms with Crippen molar-refractivity contribution >= 4 is 15.7 Å². The first-order chi connectivity index (χ1) is 12.3. The summed E-state index contributed by atoms with van der Waals surface area (Å²) >= 11 is 0. The number of sulfone groups is 1. The Kier molecular flexibility index (Phi) is 6.03. The third-order valence-electron chi connectivity index (χ3n) is 5.51. The zero-order valence-corrected chi connectivity index (χ0v) is 16.6. The first-order valence-corrected chi connectivity index (χ1v) is 11.4. The molecule has 2 aliphatic rings. The number of nitrogens with zero attached hydrogens (tertiary/aromatic N) is 1. The predicted molar refractivity (Wildman–Crippen MR) is 103 cm³/mol. The van der Waals surface area contributed by atoms with Crippen molar-refractivity contribution in [3.63, 3.8) is 0 Å². The molecule has 1 aromatic carbocycles. The van der Waals surface area contributed by atoms with E-state index >= 15 is 0 Å². The van der Waals surface area contributed by atoms with Crippen molar-refractivity contribution in [1.29, 1.82) is 0 Å². The Labute approximate surface area is 157 Å². The lowest BCUT2D eigenvalue weighted by atomic mass is 9.91. The van der Waals surface area contributed by atoms with Gasteiger partial charge in [-0.3, -0.25) is 9.69 Å². The quantitative estimate of drug-likeness (QED) is 0.853. The lowest BCUT2D eigenvalue weighted by Gasteiger charge is -2.35. The molecule has 1 N–H and O–H groups in total. The van der Waals surface area contributed by atoms with Crippen LogP contribution in [0.5, 0.6) is 0 Å². The van der Waals surface area contributed by atoms with Crippen molar-refractivity contribution in [3.05, 3.63) is 35.4 Å². The van der Waals surface area contributed by atoms with E-state index in [9.17, 15) is 13.2 Å². The lowest BCUT2D eigenvalue weighted by Crippen LogP contribution is -2.38. The molecular formula is C20H30N2O3S. The van der Waals surface area contributed by atoms with Crippen LogP contribution in [0, 0.1) is 17.8 Å².